The normalized spacial score (nSPS) is 12.8. The Hall–Kier alpha value is -3.67. The average Bonchev–Trinajstić information content (AvgIpc) is 3.36. The first kappa shape index (κ1) is 66.3. The number of hydrogen-bond donors (Lipinski definition) is 0. The SMILES string of the molecule is CC/C=C\C/C=C\C/C=C\CCCCCCCC(=O)OCC(COC(=O)CCCCCCCC/C=C\C/C=C\C/C=C\CCCCC)OC(=O)CCCCCCCCC/C=C\C/C=C\CCCCCC. The second-order valence-corrected chi connectivity index (χ2v) is 19.2. The van der Waals surface area contributed by atoms with Gasteiger partial charge in [-0.25, -0.2) is 0 Å². The zero-order valence-corrected chi connectivity index (χ0v) is 45.8. The predicted molar refractivity (Wildman–Crippen MR) is 302 cm³/mol. The van der Waals surface area contributed by atoms with E-state index in [1.807, 2.05) is 0 Å². The first-order valence-electron chi connectivity index (χ1n) is 29.2. The third-order valence-electron chi connectivity index (χ3n) is 12.3. The fourth-order valence-corrected chi connectivity index (χ4v) is 7.91. The summed E-state index contributed by atoms with van der Waals surface area (Å²) in [6.07, 6.45) is 76.7. The minimum absolute atomic E-state index is 0.0939. The first-order valence-corrected chi connectivity index (χ1v) is 29.2. The van der Waals surface area contributed by atoms with Crippen molar-refractivity contribution in [1.29, 1.82) is 0 Å². The van der Waals surface area contributed by atoms with Crippen molar-refractivity contribution in [3.63, 3.8) is 0 Å². The van der Waals surface area contributed by atoms with Gasteiger partial charge in [-0.1, -0.05) is 227 Å². The van der Waals surface area contributed by atoms with Gasteiger partial charge >= 0.3 is 17.9 Å². The molecular weight excluding hydrogens is 865 g/mol. The number of hydrogen-bond acceptors (Lipinski definition) is 6. The summed E-state index contributed by atoms with van der Waals surface area (Å²) in [5, 5.41) is 0. The number of rotatable bonds is 52. The molecule has 0 saturated heterocycles. The molecular formula is C64H108O6. The molecule has 0 aliphatic rings. The Morgan fingerprint density at radius 1 is 0.300 bits per heavy atom. The van der Waals surface area contributed by atoms with Gasteiger partial charge < -0.3 is 14.2 Å². The van der Waals surface area contributed by atoms with E-state index in [0.717, 1.165) is 128 Å². The van der Waals surface area contributed by atoms with Crippen LogP contribution in [0, 0.1) is 0 Å². The van der Waals surface area contributed by atoms with Gasteiger partial charge in [0, 0.05) is 19.3 Å². The lowest BCUT2D eigenvalue weighted by Crippen LogP contribution is -2.30. The summed E-state index contributed by atoms with van der Waals surface area (Å²) >= 11 is 0. The molecule has 1 atom stereocenters. The van der Waals surface area contributed by atoms with Gasteiger partial charge in [0.25, 0.3) is 0 Å². The van der Waals surface area contributed by atoms with Crippen LogP contribution in [-0.4, -0.2) is 37.2 Å². The lowest BCUT2D eigenvalue weighted by Gasteiger charge is -2.18. The summed E-state index contributed by atoms with van der Waals surface area (Å²) in [6.45, 7) is 6.46. The van der Waals surface area contributed by atoms with E-state index in [-0.39, 0.29) is 31.1 Å². The second-order valence-electron chi connectivity index (χ2n) is 19.2. The van der Waals surface area contributed by atoms with Gasteiger partial charge in [0.2, 0.25) is 0 Å². The third-order valence-corrected chi connectivity index (χ3v) is 12.3. The van der Waals surface area contributed by atoms with Crippen LogP contribution < -0.4 is 0 Å². The first-order chi connectivity index (χ1) is 34.5. The maximum Gasteiger partial charge on any atom is 0.306 e. The number of allylic oxidation sites excluding steroid dienone is 16. The van der Waals surface area contributed by atoms with Gasteiger partial charge in [0.15, 0.2) is 6.10 Å². The Morgan fingerprint density at radius 3 is 0.900 bits per heavy atom. The zero-order chi connectivity index (χ0) is 50.7. The van der Waals surface area contributed by atoms with E-state index >= 15 is 0 Å². The van der Waals surface area contributed by atoms with Crippen LogP contribution in [0.25, 0.3) is 0 Å². The van der Waals surface area contributed by atoms with Gasteiger partial charge in [-0.2, -0.15) is 0 Å². The van der Waals surface area contributed by atoms with Crippen LogP contribution in [0.1, 0.15) is 271 Å². The number of ether oxygens (including phenoxy) is 3. The maximum atomic E-state index is 12.9. The molecule has 0 aromatic heterocycles. The molecule has 0 spiro atoms. The Bertz CT molecular complexity index is 1400. The van der Waals surface area contributed by atoms with Crippen molar-refractivity contribution in [2.45, 2.75) is 277 Å². The Balaban J connectivity index is 4.45. The van der Waals surface area contributed by atoms with E-state index in [1.54, 1.807) is 0 Å². The molecule has 0 fully saturated rings. The molecule has 0 heterocycles. The summed E-state index contributed by atoms with van der Waals surface area (Å²) in [5.74, 6) is -0.926. The Labute approximate surface area is 432 Å². The second kappa shape index (κ2) is 57.9. The van der Waals surface area contributed by atoms with Crippen LogP contribution in [0.2, 0.25) is 0 Å². The van der Waals surface area contributed by atoms with Gasteiger partial charge in [-0.15, -0.1) is 0 Å². The van der Waals surface area contributed by atoms with Crippen LogP contribution in [0.3, 0.4) is 0 Å². The van der Waals surface area contributed by atoms with E-state index in [0.29, 0.717) is 19.3 Å². The van der Waals surface area contributed by atoms with Crippen molar-refractivity contribution >= 4 is 17.9 Å². The lowest BCUT2D eigenvalue weighted by atomic mass is 10.1. The molecule has 0 aromatic rings. The van der Waals surface area contributed by atoms with Crippen molar-refractivity contribution < 1.29 is 28.6 Å². The van der Waals surface area contributed by atoms with Crippen molar-refractivity contribution in [3.05, 3.63) is 97.2 Å². The Kier molecular flexibility index (Phi) is 54.9. The molecule has 0 aliphatic heterocycles. The van der Waals surface area contributed by atoms with Gasteiger partial charge in [-0.3, -0.25) is 14.4 Å². The largest absolute Gasteiger partial charge is 0.462 e. The number of carbonyl (C=O) groups excluding carboxylic acids is 3. The highest BCUT2D eigenvalue weighted by molar-refractivity contribution is 5.71. The summed E-state index contributed by atoms with van der Waals surface area (Å²) < 4.78 is 16.9. The smallest absolute Gasteiger partial charge is 0.306 e. The van der Waals surface area contributed by atoms with Gasteiger partial charge in [0.05, 0.1) is 0 Å². The minimum Gasteiger partial charge on any atom is -0.462 e. The van der Waals surface area contributed by atoms with Crippen LogP contribution in [0.4, 0.5) is 0 Å². The van der Waals surface area contributed by atoms with Crippen molar-refractivity contribution in [2.75, 3.05) is 13.2 Å². The molecule has 1 unspecified atom stereocenters. The molecule has 0 aliphatic carbocycles. The summed E-state index contributed by atoms with van der Waals surface area (Å²) in [6, 6.07) is 0. The molecule has 0 saturated carbocycles. The predicted octanol–water partition coefficient (Wildman–Crippen LogP) is 19.7. The monoisotopic (exact) mass is 973 g/mol. The molecule has 6 heteroatoms. The van der Waals surface area contributed by atoms with Crippen LogP contribution in [0.15, 0.2) is 97.2 Å². The van der Waals surface area contributed by atoms with Gasteiger partial charge in [0.1, 0.15) is 13.2 Å². The topological polar surface area (TPSA) is 78.9 Å². The number of unbranched alkanes of at least 4 members (excludes halogenated alkanes) is 25. The van der Waals surface area contributed by atoms with Gasteiger partial charge in [-0.05, 0) is 122 Å². The summed E-state index contributed by atoms with van der Waals surface area (Å²) in [7, 11) is 0. The number of esters is 3. The third kappa shape index (κ3) is 55.3. The molecule has 0 bridgehead atoms. The molecule has 0 aromatic carbocycles. The van der Waals surface area contributed by atoms with Crippen LogP contribution in [0.5, 0.6) is 0 Å². The van der Waals surface area contributed by atoms with Crippen molar-refractivity contribution in [2.24, 2.45) is 0 Å². The quantitative estimate of drug-likeness (QED) is 0.0262. The highest BCUT2D eigenvalue weighted by atomic mass is 16.6. The van der Waals surface area contributed by atoms with E-state index in [4.69, 9.17) is 14.2 Å². The standard InChI is InChI=1S/C64H108O6/c1-4-7-10-13-16-19-22-25-28-30-32-34-36-39-42-45-48-51-54-57-63(66)69-60-61(59-68-62(65)56-53-50-47-44-41-38-35-27-24-21-18-15-12-9-6-3)70-64(67)58-55-52-49-46-43-40-37-33-31-29-26-23-20-17-14-11-8-5-2/h9,12,16,18-21,23,25,27-29,31-32,34-35,61H,4-8,10-11,13-15,17,22,24,26,30,33,36-60H2,1-3H3/b12-9-,19-16-,21-18-,23-20-,28-25-,31-29-,34-32-,35-27-. The molecule has 6 nitrogen and oxygen atoms in total. The van der Waals surface area contributed by atoms with Crippen LogP contribution in [-0.2, 0) is 28.6 Å². The minimum atomic E-state index is -0.796. The molecule has 400 valence electrons. The maximum absolute atomic E-state index is 12.9. The summed E-state index contributed by atoms with van der Waals surface area (Å²) in [4.78, 5) is 38.2. The van der Waals surface area contributed by atoms with E-state index < -0.39 is 6.10 Å². The fraction of sp³-hybridized carbons (Fsp3) is 0.703. The van der Waals surface area contributed by atoms with E-state index in [2.05, 4.69) is 118 Å². The molecule has 0 rings (SSSR count). The van der Waals surface area contributed by atoms with E-state index in [9.17, 15) is 14.4 Å². The zero-order valence-electron chi connectivity index (χ0n) is 45.8. The molecule has 0 amide bonds. The average molecular weight is 974 g/mol. The fourth-order valence-electron chi connectivity index (χ4n) is 7.91. The van der Waals surface area contributed by atoms with Crippen molar-refractivity contribution in [3.8, 4) is 0 Å². The molecule has 70 heavy (non-hydrogen) atoms. The van der Waals surface area contributed by atoms with Crippen molar-refractivity contribution in [1.82, 2.24) is 0 Å². The lowest BCUT2D eigenvalue weighted by molar-refractivity contribution is -0.167. The van der Waals surface area contributed by atoms with E-state index in [1.165, 1.54) is 103 Å². The highest BCUT2D eigenvalue weighted by Crippen LogP contribution is 2.14. The Morgan fingerprint density at radius 2 is 0.557 bits per heavy atom. The number of carbonyl (C=O) groups is 3. The molecule has 0 radical (unpaired) electrons. The van der Waals surface area contributed by atoms with Crippen LogP contribution >= 0.6 is 0 Å². The molecule has 0 N–H and O–H groups in total. The summed E-state index contributed by atoms with van der Waals surface area (Å²) in [5.41, 5.74) is 0. The highest BCUT2D eigenvalue weighted by Gasteiger charge is 2.19.